The number of ketones is 3. The fourth-order valence-electron chi connectivity index (χ4n) is 13.9. The van der Waals surface area contributed by atoms with Gasteiger partial charge in [0, 0.05) is 76.3 Å². The summed E-state index contributed by atoms with van der Waals surface area (Å²) in [7, 11) is 0. The van der Waals surface area contributed by atoms with E-state index >= 15 is 8.78 Å². The van der Waals surface area contributed by atoms with Crippen molar-refractivity contribution in [3.63, 3.8) is 0 Å². The molecule has 0 bridgehead atoms. The molecule has 5 aliphatic heterocycles. The van der Waals surface area contributed by atoms with Crippen LogP contribution in [0.2, 0.25) is 0 Å². The number of hydrogen-bond acceptors (Lipinski definition) is 19. The van der Waals surface area contributed by atoms with Crippen LogP contribution in [0.3, 0.4) is 0 Å². The number of halogens is 5. The fraction of sp³-hybridized carbons (Fsp3) is 0.685. The molecule has 2 amide bonds. The molecular weight excluding hydrogens is 1330 g/mol. The monoisotopic (exact) mass is 1440 g/mol. The molecule has 7 fully saturated rings. The third-order valence-electron chi connectivity index (χ3n) is 19.0. The first-order chi connectivity index (χ1) is 46.6. The zero-order valence-corrected chi connectivity index (χ0v) is 59.0. The maximum absolute atomic E-state index is 15.0. The Kier molecular flexibility index (Phi) is 29.4. The van der Waals surface area contributed by atoms with Crippen LogP contribution in [-0.2, 0) is 76.3 Å². The third-order valence-corrected chi connectivity index (χ3v) is 19.9. The minimum atomic E-state index is -4.97. The number of esters is 6. The van der Waals surface area contributed by atoms with Gasteiger partial charge in [0.1, 0.15) is 29.2 Å². The van der Waals surface area contributed by atoms with E-state index in [-0.39, 0.29) is 154 Å². The van der Waals surface area contributed by atoms with E-state index in [0.29, 0.717) is 66.8 Å². The Hall–Kier alpha value is -6.87. The first-order valence-electron chi connectivity index (χ1n) is 34.7. The van der Waals surface area contributed by atoms with Gasteiger partial charge in [-0.15, -0.1) is 11.7 Å². The van der Waals surface area contributed by atoms with Gasteiger partial charge in [0.25, 0.3) is 11.4 Å². The van der Waals surface area contributed by atoms with E-state index in [1.165, 1.54) is 9.80 Å². The molecule has 2 aromatic carbocycles. The summed E-state index contributed by atoms with van der Waals surface area (Å²) < 4.78 is 104. The highest BCUT2D eigenvalue weighted by atomic mass is 32.3. The van der Waals surface area contributed by atoms with Crippen molar-refractivity contribution in [1.82, 2.24) is 14.1 Å². The maximum atomic E-state index is 15.0. The normalized spacial score (nSPS) is 27.9. The SMILES string of the molecule is C.CCOC(=O)[C@]12CC(=O)[C@@H]3C[C@H](OC(=O)c4ccccc4)CN3C(=O)[C@@H](CC(=O)OC(C)(C)C)CCCCCC(=O)C[C@@H]1C2.CCOC(=O)[C@]12CC(=O)[C@@H]3C[C@H](OC(=O)c4ccccc4)CN3C(=O)[C@@H](CC(=O)OC(C)(C)C)CCCCCC(F)(F)C[C@@H]1C2.FS(F)(F)N1CCOCC1. The van der Waals surface area contributed by atoms with E-state index in [1.54, 1.807) is 116 Å². The van der Waals surface area contributed by atoms with E-state index < -0.39 is 135 Å². The minimum absolute atomic E-state index is 0. The Morgan fingerprint density at radius 1 is 0.580 bits per heavy atom. The number of rotatable bonds is 13. The molecule has 100 heavy (non-hydrogen) atoms. The maximum Gasteiger partial charge on any atom is 0.338 e. The summed E-state index contributed by atoms with van der Waals surface area (Å²) in [5.74, 6) is -10.7. The van der Waals surface area contributed by atoms with Crippen LogP contribution in [0.4, 0.5) is 20.4 Å². The molecule has 0 N–H and O–H groups in total. The fourth-order valence-corrected chi connectivity index (χ4v) is 14.5. The van der Waals surface area contributed by atoms with E-state index in [9.17, 15) is 64.4 Å². The molecule has 558 valence electrons. The molecule has 0 spiro atoms. The number of nitrogens with zero attached hydrogens (tertiary/aromatic N) is 3. The number of fused-ring (bicyclic) bond motifs is 4. The topological polar surface area (TPSA) is 262 Å². The third kappa shape index (κ3) is 23.6. The molecule has 0 unspecified atom stereocenters. The molecule has 21 nitrogen and oxygen atoms in total. The average Bonchev–Trinajstić information content (AvgIpc) is 1.58. The Balaban J connectivity index is 0.000000273. The van der Waals surface area contributed by atoms with E-state index in [4.69, 9.17) is 33.2 Å². The first kappa shape index (κ1) is 82.1. The molecular formula is C73H102F5N3O18S. The Morgan fingerprint density at radius 2 is 1.00 bits per heavy atom. The Labute approximate surface area is 585 Å². The summed E-state index contributed by atoms with van der Waals surface area (Å²) in [4.78, 5) is 150. The smallest absolute Gasteiger partial charge is 0.338 e. The van der Waals surface area contributed by atoms with Gasteiger partial charge in [-0.2, -0.15) is 4.31 Å². The number of carbonyl (C=O) groups is 11. The van der Waals surface area contributed by atoms with Crippen LogP contribution in [0, 0.1) is 34.5 Å². The van der Waals surface area contributed by atoms with Crippen LogP contribution in [-0.4, -0.2) is 173 Å². The number of hydrogen-bond donors (Lipinski definition) is 0. The van der Waals surface area contributed by atoms with Crippen LogP contribution in [0.1, 0.15) is 212 Å². The number of morpholine rings is 1. The lowest BCUT2D eigenvalue weighted by atomic mass is 9.90. The van der Waals surface area contributed by atoms with Crippen molar-refractivity contribution in [2.75, 3.05) is 52.6 Å². The standard InChI is InChI=1S/C34H45F2NO8.C34H45NO9.C4H8F3NOS.CH4/c1-5-43-31(42)33-18-24(33)19-34(35,36)15-11-7-10-14-23(16-28(39)45-32(2,3)4)29(40)37-21-25(17-26(37)27(38)20-33)44-30(41)22-12-8-6-9-13-22;1-5-42-32(41)34-19-24(34)17-25(36)15-11-7-10-14-23(16-29(38)44-33(2,3)4)30(39)35-21-26(18-27(35)28(37)20-34)43-31(40)22-12-8-6-9-13-22;5-10(6,7)8-1-3-9-4-2-8;/h6,8-9,12-13,23-26H,5,7,10-11,14-21H2,1-4H3;6,8-9,12-13,23-24,26-27H,5,7,10-11,14-21H2,1-4H3;1-4H2;1H4/t23-,24+,25+,26+,33-;23-,24-,26+,27+,34-;;/m11../s1. The van der Waals surface area contributed by atoms with Gasteiger partial charge in [-0.05, 0) is 130 Å². The molecule has 2 aliphatic carbocycles. The molecule has 9 rings (SSSR count). The zero-order chi connectivity index (χ0) is 72.7. The summed E-state index contributed by atoms with van der Waals surface area (Å²) >= 11 is -4.97. The highest BCUT2D eigenvalue weighted by Crippen LogP contribution is 2.62. The van der Waals surface area contributed by atoms with E-state index in [0.717, 1.165) is 0 Å². The van der Waals surface area contributed by atoms with Gasteiger partial charge < -0.3 is 43.0 Å². The number of alkyl halides is 2. The van der Waals surface area contributed by atoms with Gasteiger partial charge in [-0.3, -0.25) is 43.2 Å². The lowest BCUT2D eigenvalue weighted by Crippen LogP contribution is -2.45. The predicted octanol–water partition coefficient (Wildman–Crippen LogP) is 12.6. The van der Waals surface area contributed by atoms with Crippen molar-refractivity contribution in [3.05, 3.63) is 71.8 Å². The minimum Gasteiger partial charge on any atom is -0.466 e. The first-order valence-corrected chi connectivity index (χ1v) is 36.0. The number of ether oxygens (including phenoxy) is 7. The summed E-state index contributed by atoms with van der Waals surface area (Å²) in [6.45, 7) is 14.2. The quantitative estimate of drug-likeness (QED) is 0.102. The van der Waals surface area contributed by atoms with Gasteiger partial charge in [0.05, 0.1) is 86.4 Å². The highest BCUT2D eigenvalue weighted by molar-refractivity contribution is 8.18. The van der Waals surface area contributed by atoms with Crippen LogP contribution >= 0.6 is 11.4 Å². The number of Topliss-reactive ketones (excluding diaryl/α,β-unsaturated/α-hetero) is 3. The lowest BCUT2D eigenvalue weighted by Gasteiger charge is -2.29. The number of amides is 2. The van der Waals surface area contributed by atoms with Gasteiger partial charge in [-0.25, -0.2) is 18.4 Å². The molecule has 0 aromatic heterocycles. The summed E-state index contributed by atoms with van der Waals surface area (Å²) in [6, 6.07) is 14.8. The molecule has 2 aromatic rings. The van der Waals surface area contributed by atoms with Crippen molar-refractivity contribution in [3.8, 4) is 0 Å². The summed E-state index contributed by atoms with van der Waals surface area (Å²) in [5, 5.41) is 0. The lowest BCUT2D eigenvalue weighted by molar-refractivity contribution is -0.159. The molecule has 27 heteroatoms. The van der Waals surface area contributed by atoms with Crippen LogP contribution < -0.4 is 0 Å². The largest absolute Gasteiger partial charge is 0.466 e. The van der Waals surface area contributed by atoms with Crippen molar-refractivity contribution >= 4 is 76.4 Å². The van der Waals surface area contributed by atoms with Crippen LogP contribution in [0.5, 0.6) is 0 Å². The van der Waals surface area contributed by atoms with Crippen molar-refractivity contribution in [1.29, 1.82) is 0 Å². The molecule has 0 radical (unpaired) electrons. The van der Waals surface area contributed by atoms with Gasteiger partial charge in [-0.1, -0.05) is 69.5 Å². The van der Waals surface area contributed by atoms with Gasteiger partial charge in [0.2, 0.25) is 17.7 Å². The Morgan fingerprint density at radius 3 is 1.41 bits per heavy atom. The summed E-state index contributed by atoms with van der Waals surface area (Å²) in [5.41, 5.74) is -3.34. The van der Waals surface area contributed by atoms with Crippen LogP contribution in [0.15, 0.2) is 60.7 Å². The summed E-state index contributed by atoms with van der Waals surface area (Å²) in [6.07, 6.45) is 1.30. The predicted molar refractivity (Wildman–Crippen MR) is 358 cm³/mol. The number of benzene rings is 2. The molecule has 5 saturated heterocycles. The Bertz CT molecular complexity index is 3180. The van der Waals surface area contributed by atoms with Crippen molar-refractivity contribution < 1.29 is 106 Å². The molecule has 5 heterocycles. The second kappa shape index (κ2) is 35.8. The van der Waals surface area contributed by atoms with Gasteiger partial charge >= 0.3 is 35.8 Å². The van der Waals surface area contributed by atoms with Gasteiger partial charge in [0.15, 0.2) is 11.6 Å². The number of carbonyl (C=O) groups excluding carboxylic acids is 11. The molecule has 2 saturated carbocycles. The average molecular weight is 1440 g/mol. The molecule has 7 aliphatic rings. The molecule has 10 atom stereocenters. The van der Waals surface area contributed by atoms with E-state index in [2.05, 4.69) is 0 Å². The van der Waals surface area contributed by atoms with Crippen LogP contribution in [0.25, 0.3) is 0 Å². The second-order valence-electron chi connectivity index (χ2n) is 29.0. The second-order valence-corrected chi connectivity index (χ2v) is 30.3. The highest BCUT2D eigenvalue weighted by Gasteiger charge is 2.65. The zero-order valence-electron chi connectivity index (χ0n) is 58.2. The van der Waals surface area contributed by atoms with Crippen molar-refractivity contribution in [2.45, 2.75) is 233 Å². The van der Waals surface area contributed by atoms with E-state index in [1.807, 2.05) is 0 Å². The van der Waals surface area contributed by atoms with Crippen molar-refractivity contribution in [2.24, 2.45) is 34.5 Å².